The van der Waals surface area contributed by atoms with Gasteiger partial charge < -0.3 is 9.64 Å². The number of pyridine rings is 1. The van der Waals surface area contributed by atoms with Crippen LogP contribution in [-0.2, 0) is 6.54 Å². The van der Waals surface area contributed by atoms with Gasteiger partial charge in [0.25, 0.3) is 5.91 Å². The highest BCUT2D eigenvalue weighted by Crippen LogP contribution is 2.28. The van der Waals surface area contributed by atoms with E-state index in [2.05, 4.69) is 4.98 Å². The molecule has 0 aliphatic carbocycles. The number of fused-ring (bicyclic) bond motifs is 1. The Kier molecular flexibility index (Phi) is 1.69. The van der Waals surface area contributed by atoms with Crippen molar-refractivity contribution in [2.45, 2.75) is 6.54 Å². The van der Waals surface area contributed by atoms with Crippen LogP contribution in [0.4, 0.5) is 0 Å². The van der Waals surface area contributed by atoms with Gasteiger partial charge in [-0.05, 0) is 0 Å². The molecule has 0 saturated heterocycles. The number of carbonyl (C=O) groups is 1. The second-order valence-electron chi connectivity index (χ2n) is 3.04. The summed E-state index contributed by atoms with van der Waals surface area (Å²) in [7, 11) is 3.31. The summed E-state index contributed by atoms with van der Waals surface area (Å²) in [6, 6.07) is 0. The van der Waals surface area contributed by atoms with Crippen LogP contribution in [-0.4, -0.2) is 29.9 Å². The van der Waals surface area contributed by atoms with Crippen LogP contribution in [0.15, 0.2) is 12.4 Å². The normalized spacial score (nSPS) is 14.6. The van der Waals surface area contributed by atoms with E-state index < -0.39 is 0 Å². The van der Waals surface area contributed by atoms with E-state index >= 15 is 0 Å². The third kappa shape index (κ3) is 1.06. The summed E-state index contributed by atoms with van der Waals surface area (Å²) in [6.45, 7) is 0.623. The van der Waals surface area contributed by atoms with E-state index in [1.165, 1.54) is 0 Å². The molecule has 4 nitrogen and oxygen atoms in total. The number of nitrogens with zero attached hydrogens (tertiary/aromatic N) is 2. The van der Waals surface area contributed by atoms with Gasteiger partial charge in [-0.2, -0.15) is 0 Å². The van der Waals surface area contributed by atoms with E-state index in [0.29, 0.717) is 17.9 Å². The van der Waals surface area contributed by atoms with E-state index in [0.717, 1.165) is 5.56 Å². The summed E-state index contributed by atoms with van der Waals surface area (Å²) in [5.41, 5.74) is 1.59. The zero-order chi connectivity index (χ0) is 9.42. The summed E-state index contributed by atoms with van der Waals surface area (Å²) >= 11 is 0. The zero-order valence-corrected chi connectivity index (χ0v) is 7.57. The molecule has 0 N–H and O–H groups in total. The van der Waals surface area contributed by atoms with Crippen LogP contribution < -0.4 is 4.74 Å². The minimum Gasteiger partial charge on any atom is -0.494 e. The molecule has 1 aliphatic heterocycles. The molecule has 1 amide bonds. The highest BCUT2D eigenvalue weighted by atomic mass is 16.5. The van der Waals surface area contributed by atoms with E-state index in [4.69, 9.17) is 4.74 Å². The van der Waals surface area contributed by atoms with Gasteiger partial charge >= 0.3 is 0 Å². The van der Waals surface area contributed by atoms with Gasteiger partial charge in [-0.25, -0.2) is 0 Å². The van der Waals surface area contributed by atoms with Gasteiger partial charge in [-0.3, -0.25) is 9.78 Å². The lowest BCUT2D eigenvalue weighted by atomic mass is 10.2. The molecule has 1 aromatic heterocycles. The molecular formula is C9H10N2O2. The number of carbonyl (C=O) groups excluding carboxylic acids is 1. The Morgan fingerprint density at radius 1 is 1.54 bits per heavy atom. The first-order valence-electron chi connectivity index (χ1n) is 4.00. The molecule has 1 aromatic rings. The lowest BCUT2D eigenvalue weighted by Gasteiger charge is -2.05. The van der Waals surface area contributed by atoms with Gasteiger partial charge in [0.1, 0.15) is 5.75 Å². The molecule has 68 valence electrons. The van der Waals surface area contributed by atoms with Crippen LogP contribution in [0.3, 0.4) is 0 Å². The van der Waals surface area contributed by atoms with Crippen molar-refractivity contribution in [3.63, 3.8) is 0 Å². The Hall–Kier alpha value is -1.58. The Balaban J connectivity index is 2.58. The predicted octanol–water partition coefficient (Wildman–Crippen LogP) is 0.676. The molecule has 0 atom stereocenters. The van der Waals surface area contributed by atoms with Gasteiger partial charge in [0.2, 0.25) is 0 Å². The molecule has 1 aliphatic rings. The second-order valence-corrected chi connectivity index (χ2v) is 3.04. The van der Waals surface area contributed by atoms with Crippen molar-refractivity contribution in [1.82, 2.24) is 9.88 Å². The fourth-order valence-electron chi connectivity index (χ4n) is 1.52. The maximum absolute atomic E-state index is 11.6. The highest BCUT2D eigenvalue weighted by molar-refractivity contribution is 6.00. The maximum Gasteiger partial charge on any atom is 0.258 e. The van der Waals surface area contributed by atoms with Crippen molar-refractivity contribution in [1.29, 1.82) is 0 Å². The second kappa shape index (κ2) is 2.73. The van der Waals surface area contributed by atoms with Crippen molar-refractivity contribution in [2.75, 3.05) is 14.2 Å². The molecule has 0 aromatic carbocycles. The number of hydrogen-bond acceptors (Lipinski definition) is 3. The molecule has 0 radical (unpaired) electrons. The fourth-order valence-corrected chi connectivity index (χ4v) is 1.52. The number of rotatable bonds is 1. The van der Waals surface area contributed by atoms with Crippen molar-refractivity contribution in [3.05, 3.63) is 23.5 Å². The quantitative estimate of drug-likeness (QED) is 0.635. The van der Waals surface area contributed by atoms with Crippen LogP contribution in [0.2, 0.25) is 0 Å². The highest BCUT2D eigenvalue weighted by Gasteiger charge is 2.28. The number of ether oxygens (including phenoxy) is 1. The zero-order valence-electron chi connectivity index (χ0n) is 7.57. The minimum atomic E-state index is 0.00856. The van der Waals surface area contributed by atoms with Gasteiger partial charge in [-0.15, -0.1) is 0 Å². The Bertz CT molecular complexity index is 363. The lowest BCUT2D eigenvalue weighted by Crippen LogP contribution is -2.17. The molecule has 13 heavy (non-hydrogen) atoms. The molecule has 0 spiro atoms. The number of methoxy groups -OCH3 is 1. The van der Waals surface area contributed by atoms with Crippen molar-refractivity contribution in [2.24, 2.45) is 0 Å². The number of hydrogen-bond donors (Lipinski definition) is 0. The third-order valence-electron chi connectivity index (χ3n) is 2.18. The van der Waals surface area contributed by atoms with Crippen LogP contribution >= 0.6 is 0 Å². The standard InChI is InChI=1S/C9H10N2O2/c1-11-5-6-3-10-4-7(13-2)8(6)9(11)12/h3-4H,5H2,1-2H3. The minimum absolute atomic E-state index is 0.00856. The monoisotopic (exact) mass is 178 g/mol. The first-order chi connectivity index (χ1) is 6.24. The first kappa shape index (κ1) is 8.04. The SMILES string of the molecule is COc1cncc2c1C(=O)N(C)C2. The summed E-state index contributed by atoms with van der Waals surface area (Å²) in [6.07, 6.45) is 3.27. The third-order valence-corrected chi connectivity index (χ3v) is 2.18. The largest absolute Gasteiger partial charge is 0.494 e. The van der Waals surface area contributed by atoms with Crippen LogP contribution in [0.5, 0.6) is 5.75 Å². The van der Waals surface area contributed by atoms with E-state index in [1.54, 1.807) is 31.5 Å². The van der Waals surface area contributed by atoms with Crippen molar-refractivity contribution in [3.8, 4) is 5.75 Å². The Morgan fingerprint density at radius 2 is 2.31 bits per heavy atom. The van der Waals surface area contributed by atoms with E-state index in [9.17, 15) is 4.79 Å². The first-order valence-corrected chi connectivity index (χ1v) is 4.00. The summed E-state index contributed by atoms with van der Waals surface area (Å²) < 4.78 is 5.07. The average molecular weight is 178 g/mol. The average Bonchev–Trinajstić information content (AvgIpc) is 2.43. The van der Waals surface area contributed by atoms with Gasteiger partial charge in [0.15, 0.2) is 0 Å². The fraction of sp³-hybridized carbons (Fsp3) is 0.333. The van der Waals surface area contributed by atoms with E-state index in [-0.39, 0.29) is 5.91 Å². The van der Waals surface area contributed by atoms with Crippen LogP contribution in [0, 0.1) is 0 Å². The smallest absolute Gasteiger partial charge is 0.258 e. The molecule has 4 heteroatoms. The van der Waals surface area contributed by atoms with Gasteiger partial charge in [-0.1, -0.05) is 0 Å². The molecule has 2 heterocycles. The van der Waals surface area contributed by atoms with Gasteiger partial charge in [0, 0.05) is 25.4 Å². The Morgan fingerprint density at radius 3 is 3.00 bits per heavy atom. The molecule has 0 saturated carbocycles. The predicted molar refractivity (Wildman–Crippen MR) is 46.6 cm³/mol. The van der Waals surface area contributed by atoms with Crippen LogP contribution in [0.1, 0.15) is 15.9 Å². The molecule has 0 bridgehead atoms. The number of amides is 1. The van der Waals surface area contributed by atoms with Gasteiger partial charge in [0.05, 0.1) is 18.9 Å². The molecule has 0 unspecified atom stereocenters. The lowest BCUT2D eigenvalue weighted by molar-refractivity contribution is 0.0814. The summed E-state index contributed by atoms with van der Waals surface area (Å²) in [5.74, 6) is 0.570. The summed E-state index contributed by atoms with van der Waals surface area (Å²) in [4.78, 5) is 17.2. The number of aromatic nitrogens is 1. The summed E-state index contributed by atoms with van der Waals surface area (Å²) in [5, 5.41) is 0. The molecule has 0 fully saturated rings. The topological polar surface area (TPSA) is 42.4 Å². The van der Waals surface area contributed by atoms with E-state index in [1.807, 2.05) is 0 Å². The molecular weight excluding hydrogens is 168 g/mol. The maximum atomic E-state index is 11.6. The van der Waals surface area contributed by atoms with Crippen molar-refractivity contribution < 1.29 is 9.53 Å². The van der Waals surface area contributed by atoms with Crippen molar-refractivity contribution >= 4 is 5.91 Å². The Labute approximate surface area is 76.1 Å². The van der Waals surface area contributed by atoms with Crippen LogP contribution in [0.25, 0.3) is 0 Å². The molecule has 2 rings (SSSR count).